The van der Waals surface area contributed by atoms with Crippen molar-refractivity contribution in [1.29, 1.82) is 5.26 Å². The van der Waals surface area contributed by atoms with Gasteiger partial charge in [0.15, 0.2) is 6.19 Å². The predicted molar refractivity (Wildman–Crippen MR) is 107 cm³/mol. The number of rotatable bonds is 9. The summed E-state index contributed by atoms with van der Waals surface area (Å²) in [5.74, 6) is 0.522. The molecule has 0 aliphatic rings. The maximum atomic E-state index is 12.0. The minimum Gasteiger partial charge on any atom is -0.356 e. The molecule has 1 aromatic heterocycles. The Bertz CT molecular complexity index is 822. The van der Waals surface area contributed by atoms with Crippen LogP contribution in [0, 0.1) is 11.5 Å². The second-order valence-electron chi connectivity index (χ2n) is 6.06. The Balaban J connectivity index is 1.77. The topological polar surface area (TPSA) is 95.1 Å². The van der Waals surface area contributed by atoms with E-state index in [1.807, 2.05) is 43.4 Å². The van der Waals surface area contributed by atoms with Gasteiger partial charge in [-0.05, 0) is 25.8 Å². The van der Waals surface area contributed by atoms with Crippen molar-refractivity contribution in [2.45, 2.75) is 39.2 Å². The summed E-state index contributed by atoms with van der Waals surface area (Å²) in [7, 11) is 0. The molecule has 7 nitrogen and oxygen atoms in total. The molecule has 0 amide bonds. The smallest absolute Gasteiger partial charge is 0.266 e. The molecule has 0 radical (unpaired) electrons. The van der Waals surface area contributed by atoms with Gasteiger partial charge in [0, 0.05) is 31.3 Å². The Morgan fingerprint density at radius 1 is 1.15 bits per heavy atom. The third-order valence-electron chi connectivity index (χ3n) is 4.00. The van der Waals surface area contributed by atoms with Gasteiger partial charge in [0.2, 0.25) is 5.96 Å². The molecule has 2 N–H and O–H groups in total. The molecule has 0 saturated heterocycles. The summed E-state index contributed by atoms with van der Waals surface area (Å²) in [5.41, 5.74) is 1.74. The molecule has 0 spiro atoms. The van der Waals surface area contributed by atoms with Crippen LogP contribution in [0.1, 0.15) is 32.6 Å². The fourth-order valence-corrected chi connectivity index (χ4v) is 2.65. The van der Waals surface area contributed by atoms with Crippen molar-refractivity contribution in [3.05, 3.63) is 52.8 Å². The van der Waals surface area contributed by atoms with Gasteiger partial charge in [-0.2, -0.15) is 10.4 Å². The molecule has 2 aromatic rings. The first-order valence-corrected chi connectivity index (χ1v) is 9.31. The highest BCUT2D eigenvalue weighted by Crippen LogP contribution is 2.14. The summed E-state index contributed by atoms with van der Waals surface area (Å²) in [4.78, 5) is 16.3. The van der Waals surface area contributed by atoms with Gasteiger partial charge in [-0.1, -0.05) is 43.2 Å². The molecule has 27 heavy (non-hydrogen) atoms. The SMILES string of the molecule is CCNC(=NCCCCCCn1nc(-c2ccccc2)ccc1=O)NC#N. The van der Waals surface area contributed by atoms with E-state index in [-0.39, 0.29) is 5.56 Å². The fraction of sp³-hybridized carbons (Fsp3) is 0.400. The van der Waals surface area contributed by atoms with Crippen molar-refractivity contribution < 1.29 is 0 Å². The second-order valence-corrected chi connectivity index (χ2v) is 6.06. The first kappa shape index (κ1) is 20.2. The molecule has 0 bridgehead atoms. The lowest BCUT2D eigenvalue weighted by atomic mass is 10.1. The predicted octanol–water partition coefficient (Wildman–Crippen LogP) is 2.51. The van der Waals surface area contributed by atoms with Gasteiger partial charge in [-0.25, -0.2) is 4.68 Å². The van der Waals surface area contributed by atoms with E-state index in [9.17, 15) is 4.79 Å². The van der Waals surface area contributed by atoms with Crippen LogP contribution >= 0.6 is 0 Å². The number of hydrogen-bond donors (Lipinski definition) is 2. The van der Waals surface area contributed by atoms with Crippen molar-refractivity contribution in [1.82, 2.24) is 20.4 Å². The van der Waals surface area contributed by atoms with Gasteiger partial charge < -0.3 is 5.32 Å². The number of nitrogens with zero attached hydrogens (tertiary/aromatic N) is 4. The quantitative estimate of drug-likeness (QED) is 0.234. The lowest BCUT2D eigenvalue weighted by molar-refractivity contribution is 0.518. The van der Waals surface area contributed by atoms with E-state index in [4.69, 9.17) is 5.26 Å². The highest BCUT2D eigenvalue weighted by atomic mass is 16.1. The number of nitriles is 1. The van der Waals surface area contributed by atoms with Crippen LogP contribution in [-0.2, 0) is 6.54 Å². The van der Waals surface area contributed by atoms with Gasteiger partial charge in [-0.3, -0.25) is 15.1 Å². The number of nitrogens with one attached hydrogen (secondary N) is 2. The highest BCUT2D eigenvalue weighted by molar-refractivity contribution is 5.81. The monoisotopic (exact) mass is 366 g/mol. The van der Waals surface area contributed by atoms with Crippen molar-refractivity contribution >= 4 is 5.96 Å². The van der Waals surface area contributed by atoms with Crippen LogP contribution in [0.2, 0.25) is 0 Å². The first-order chi connectivity index (χ1) is 13.2. The van der Waals surface area contributed by atoms with Gasteiger partial charge in [-0.15, -0.1) is 0 Å². The van der Waals surface area contributed by atoms with E-state index in [0.29, 0.717) is 19.0 Å². The third-order valence-corrected chi connectivity index (χ3v) is 4.00. The molecule has 0 fully saturated rings. The molecule has 0 saturated carbocycles. The maximum Gasteiger partial charge on any atom is 0.266 e. The van der Waals surface area contributed by atoms with E-state index in [0.717, 1.165) is 43.5 Å². The van der Waals surface area contributed by atoms with E-state index >= 15 is 0 Å². The zero-order valence-corrected chi connectivity index (χ0v) is 15.7. The molecule has 142 valence electrons. The van der Waals surface area contributed by atoms with E-state index < -0.39 is 0 Å². The highest BCUT2D eigenvalue weighted by Gasteiger charge is 2.03. The normalized spacial score (nSPS) is 11.0. The van der Waals surface area contributed by atoms with Crippen LogP contribution in [0.4, 0.5) is 0 Å². The Morgan fingerprint density at radius 2 is 1.93 bits per heavy atom. The Hall–Kier alpha value is -3.14. The molecule has 1 aromatic carbocycles. The number of hydrogen-bond acceptors (Lipinski definition) is 4. The van der Waals surface area contributed by atoms with Gasteiger partial charge in [0.1, 0.15) is 0 Å². The average Bonchev–Trinajstić information content (AvgIpc) is 2.69. The lowest BCUT2D eigenvalue weighted by Gasteiger charge is -2.07. The van der Waals surface area contributed by atoms with Gasteiger partial charge in [0.05, 0.1) is 5.69 Å². The molecule has 0 aliphatic heterocycles. The van der Waals surface area contributed by atoms with Crippen LogP contribution in [0.3, 0.4) is 0 Å². The summed E-state index contributed by atoms with van der Waals surface area (Å²) in [5, 5.41) is 18.7. The molecule has 0 aliphatic carbocycles. The summed E-state index contributed by atoms with van der Waals surface area (Å²) >= 11 is 0. The third kappa shape index (κ3) is 6.94. The molecule has 7 heteroatoms. The number of aliphatic imine (C=N–C) groups is 1. The van der Waals surface area contributed by atoms with Crippen molar-refractivity contribution in [2.75, 3.05) is 13.1 Å². The Kier molecular flexibility index (Phi) is 8.57. The van der Waals surface area contributed by atoms with Gasteiger partial charge in [0.25, 0.3) is 5.56 Å². The fourth-order valence-electron chi connectivity index (χ4n) is 2.65. The van der Waals surface area contributed by atoms with E-state index in [1.165, 1.54) is 0 Å². The summed E-state index contributed by atoms with van der Waals surface area (Å²) in [6.07, 6.45) is 5.72. The molecule has 2 rings (SSSR count). The van der Waals surface area contributed by atoms with E-state index in [1.54, 1.807) is 16.8 Å². The van der Waals surface area contributed by atoms with Crippen molar-refractivity contribution in [3.63, 3.8) is 0 Å². The number of aryl methyl sites for hydroxylation is 1. The summed E-state index contributed by atoms with van der Waals surface area (Å²) < 4.78 is 1.54. The number of benzene rings is 1. The zero-order chi connectivity index (χ0) is 19.3. The van der Waals surface area contributed by atoms with Crippen molar-refractivity contribution in [2.24, 2.45) is 4.99 Å². The molecular formula is C20H26N6O. The number of unbranched alkanes of at least 4 members (excludes halogenated alkanes) is 3. The van der Waals surface area contributed by atoms with Crippen LogP contribution in [0.5, 0.6) is 0 Å². The van der Waals surface area contributed by atoms with E-state index in [2.05, 4.69) is 20.7 Å². The molecule has 0 atom stereocenters. The molecule has 0 unspecified atom stereocenters. The van der Waals surface area contributed by atoms with Crippen LogP contribution in [0.25, 0.3) is 11.3 Å². The van der Waals surface area contributed by atoms with Gasteiger partial charge >= 0.3 is 0 Å². The Labute approximate surface area is 159 Å². The molecular weight excluding hydrogens is 340 g/mol. The minimum atomic E-state index is -0.0721. The maximum absolute atomic E-state index is 12.0. The minimum absolute atomic E-state index is 0.0721. The standard InChI is InChI=1S/C20H26N6O/c1-2-22-20(24-16-21)23-14-8-3-4-9-15-26-19(27)13-12-18(25-26)17-10-6-5-7-11-17/h5-7,10-13H,2-4,8-9,14-15H2,1H3,(H2,22,23,24). The average molecular weight is 366 g/mol. The second kappa shape index (κ2) is 11.5. The largest absolute Gasteiger partial charge is 0.356 e. The first-order valence-electron chi connectivity index (χ1n) is 9.31. The summed E-state index contributed by atoms with van der Waals surface area (Å²) in [6, 6.07) is 13.2. The van der Waals surface area contributed by atoms with Crippen LogP contribution in [0.15, 0.2) is 52.3 Å². The van der Waals surface area contributed by atoms with Crippen LogP contribution < -0.4 is 16.2 Å². The molecule has 1 heterocycles. The number of guanidine groups is 1. The number of aromatic nitrogens is 2. The summed E-state index contributed by atoms with van der Waals surface area (Å²) in [6.45, 7) is 3.95. The Morgan fingerprint density at radius 3 is 2.67 bits per heavy atom. The zero-order valence-electron chi connectivity index (χ0n) is 15.7. The van der Waals surface area contributed by atoms with Crippen LogP contribution in [-0.4, -0.2) is 28.8 Å². The van der Waals surface area contributed by atoms with Crippen molar-refractivity contribution in [3.8, 4) is 17.5 Å². The lowest BCUT2D eigenvalue weighted by Crippen LogP contribution is -2.34.